The summed E-state index contributed by atoms with van der Waals surface area (Å²) >= 11 is 0. The molecule has 0 unspecified atom stereocenters. The maximum atomic E-state index is 8.66. The first-order valence-corrected chi connectivity index (χ1v) is 2.75. The fourth-order valence-corrected chi connectivity index (χ4v) is 0.306. The van der Waals surface area contributed by atoms with Crippen LogP contribution in [0.3, 0.4) is 0 Å². The minimum absolute atomic E-state index is 0.284. The molecular weight excluding hydrogens is 116 g/mol. The molecule has 0 fully saturated rings. The Hall–Kier alpha value is -0.920. The van der Waals surface area contributed by atoms with Crippen molar-refractivity contribution in [3.8, 4) is 0 Å². The quantitative estimate of drug-likeness (QED) is 0.455. The molecule has 0 aromatic rings. The van der Waals surface area contributed by atoms with Gasteiger partial charge in [0, 0.05) is 0 Å². The van der Waals surface area contributed by atoms with E-state index in [1.165, 1.54) is 0 Å². The lowest BCUT2D eigenvalue weighted by Crippen LogP contribution is -1.77. The highest BCUT2D eigenvalue weighted by Crippen LogP contribution is 1.94. The van der Waals surface area contributed by atoms with Gasteiger partial charge in [-0.15, -0.1) is 0 Å². The van der Waals surface area contributed by atoms with Crippen molar-refractivity contribution >= 4 is 0 Å². The number of hydrogen-bond donors (Lipinski definition) is 1. The molecule has 2 heteroatoms. The molecule has 0 aliphatic carbocycles. The molecule has 9 heavy (non-hydrogen) atoms. The van der Waals surface area contributed by atoms with Crippen LogP contribution in [0.5, 0.6) is 0 Å². The van der Waals surface area contributed by atoms with Crippen LogP contribution in [0.25, 0.3) is 0 Å². The van der Waals surface area contributed by atoms with E-state index in [-0.39, 0.29) is 5.76 Å². The second-order valence-electron chi connectivity index (χ2n) is 1.79. The molecule has 52 valence electrons. The monoisotopic (exact) mass is 128 g/mol. The van der Waals surface area contributed by atoms with Gasteiger partial charge in [-0.3, -0.25) is 0 Å². The van der Waals surface area contributed by atoms with Gasteiger partial charge < -0.3 is 9.84 Å². The van der Waals surface area contributed by atoms with Gasteiger partial charge in [0.1, 0.15) is 0 Å². The summed E-state index contributed by atoms with van der Waals surface area (Å²) in [4.78, 5) is 0. The third-order valence-electron chi connectivity index (χ3n) is 0.881. The van der Waals surface area contributed by atoms with Crippen molar-refractivity contribution in [3.63, 3.8) is 0 Å². The highest BCUT2D eigenvalue weighted by Gasteiger charge is 1.79. The van der Waals surface area contributed by atoms with Crippen LogP contribution in [-0.4, -0.2) is 12.2 Å². The standard InChI is InChI=1S/C7H12O2/c1-6(8)4-5-7(2)9-3/h4-5,8H,1-3H3/b6-4+,7-5+. The van der Waals surface area contributed by atoms with Crippen molar-refractivity contribution in [2.24, 2.45) is 0 Å². The molecule has 0 bridgehead atoms. The first-order valence-electron chi connectivity index (χ1n) is 2.75. The summed E-state index contributed by atoms with van der Waals surface area (Å²) in [6, 6.07) is 0. The third-order valence-corrected chi connectivity index (χ3v) is 0.881. The Labute approximate surface area is 55.5 Å². The molecule has 0 aliphatic heterocycles. The minimum Gasteiger partial charge on any atom is -0.513 e. The highest BCUT2D eigenvalue weighted by atomic mass is 16.5. The van der Waals surface area contributed by atoms with Crippen molar-refractivity contribution in [1.29, 1.82) is 0 Å². The average molecular weight is 128 g/mol. The SMILES string of the molecule is CO/C(C)=C/C=C(\C)O. The van der Waals surface area contributed by atoms with Crippen molar-refractivity contribution < 1.29 is 9.84 Å². The van der Waals surface area contributed by atoms with Crippen molar-refractivity contribution in [3.05, 3.63) is 23.7 Å². The van der Waals surface area contributed by atoms with E-state index >= 15 is 0 Å². The number of aliphatic hydroxyl groups is 1. The first-order chi connectivity index (χ1) is 4.16. The molecule has 0 spiro atoms. The Kier molecular flexibility index (Phi) is 3.60. The van der Waals surface area contributed by atoms with E-state index in [1.807, 2.05) is 6.92 Å². The van der Waals surface area contributed by atoms with Gasteiger partial charge in [0.15, 0.2) is 0 Å². The van der Waals surface area contributed by atoms with Crippen molar-refractivity contribution in [2.75, 3.05) is 7.11 Å². The van der Waals surface area contributed by atoms with Crippen LogP contribution in [0, 0.1) is 0 Å². The number of aliphatic hydroxyl groups excluding tert-OH is 1. The highest BCUT2D eigenvalue weighted by molar-refractivity contribution is 5.07. The lowest BCUT2D eigenvalue weighted by molar-refractivity contribution is 0.293. The molecule has 0 aromatic heterocycles. The van der Waals surface area contributed by atoms with E-state index in [9.17, 15) is 0 Å². The summed E-state index contributed by atoms with van der Waals surface area (Å²) in [7, 11) is 1.59. The minimum atomic E-state index is 0.284. The van der Waals surface area contributed by atoms with Gasteiger partial charge in [-0.1, -0.05) is 0 Å². The Bertz CT molecular complexity index is 130. The van der Waals surface area contributed by atoms with Crippen LogP contribution in [0.15, 0.2) is 23.7 Å². The maximum absolute atomic E-state index is 8.66. The van der Waals surface area contributed by atoms with Crippen LogP contribution in [0.4, 0.5) is 0 Å². The van der Waals surface area contributed by atoms with Crippen LogP contribution >= 0.6 is 0 Å². The number of rotatable bonds is 2. The molecule has 0 atom stereocenters. The zero-order chi connectivity index (χ0) is 7.28. The van der Waals surface area contributed by atoms with E-state index in [1.54, 1.807) is 26.2 Å². The number of hydrogen-bond acceptors (Lipinski definition) is 2. The summed E-state index contributed by atoms with van der Waals surface area (Å²) in [5.74, 6) is 1.06. The molecule has 0 saturated carbocycles. The summed E-state index contributed by atoms with van der Waals surface area (Å²) in [5.41, 5.74) is 0. The maximum Gasteiger partial charge on any atom is 0.0925 e. The van der Waals surface area contributed by atoms with E-state index in [0.29, 0.717) is 0 Å². The second-order valence-corrected chi connectivity index (χ2v) is 1.79. The molecule has 0 amide bonds. The van der Waals surface area contributed by atoms with Crippen molar-refractivity contribution in [1.82, 2.24) is 0 Å². The van der Waals surface area contributed by atoms with Crippen LogP contribution in [0.1, 0.15) is 13.8 Å². The molecule has 0 rings (SSSR count). The predicted molar refractivity (Wildman–Crippen MR) is 37.2 cm³/mol. The van der Waals surface area contributed by atoms with E-state index in [2.05, 4.69) is 0 Å². The lowest BCUT2D eigenvalue weighted by atomic mass is 10.4. The normalized spacial score (nSPS) is 13.7. The van der Waals surface area contributed by atoms with Gasteiger partial charge in [0.05, 0.1) is 18.6 Å². The molecule has 0 saturated heterocycles. The second kappa shape index (κ2) is 4.01. The van der Waals surface area contributed by atoms with Gasteiger partial charge >= 0.3 is 0 Å². The van der Waals surface area contributed by atoms with E-state index < -0.39 is 0 Å². The van der Waals surface area contributed by atoms with E-state index in [0.717, 1.165) is 5.76 Å². The van der Waals surface area contributed by atoms with E-state index in [4.69, 9.17) is 9.84 Å². The van der Waals surface area contributed by atoms with Gasteiger partial charge in [0.2, 0.25) is 0 Å². The summed E-state index contributed by atoms with van der Waals surface area (Å²) in [6.07, 6.45) is 3.29. The van der Waals surface area contributed by atoms with Crippen LogP contribution < -0.4 is 0 Å². The number of allylic oxidation sites excluding steroid dienone is 4. The van der Waals surface area contributed by atoms with Gasteiger partial charge in [0.25, 0.3) is 0 Å². The zero-order valence-electron chi connectivity index (χ0n) is 6.01. The Morgan fingerprint density at radius 1 is 1.33 bits per heavy atom. The molecular formula is C7H12O2. The molecule has 1 N–H and O–H groups in total. The van der Waals surface area contributed by atoms with Crippen LogP contribution in [-0.2, 0) is 4.74 Å². The largest absolute Gasteiger partial charge is 0.513 e. The Morgan fingerprint density at radius 3 is 2.22 bits per heavy atom. The number of methoxy groups -OCH3 is 1. The predicted octanol–water partition coefficient (Wildman–Crippen LogP) is 2.00. The average Bonchev–Trinajstić information content (AvgIpc) is 1.83. The molecule has 0 aromatic carbocycles. The fourth-order valence-electron chi connectivity index (χ4n) is 0.306. The summed E-state index contributed by atoms with van der Waals surface area (Å²) < 4.78 is 4.81. The van der Waals surface area contributed by atoms with Gasteiger partial charge in [-0.2, -0.15) is 0 Å². The third kappa shape index (κ3) is 4.94. The topological polar surface area (TPSA) is 29.5 Å². The fraction of sp³-hybridized carbons (Fsp3) is 0.429. The van der Waals surface area contributed by atoms with Crippen LogP contribution in [0.2, 0.25) is 0 Å². The molecule has 2 nitrogen and oxygen atoms in total. The van der Waals surface area contributed by atoms with Gasteiger partial charge in [-0.25, -0.2) is 0 Å². The molecule has 0 aliphatic rings. The molecule has 0 heterocycles. The summed E-state index contributed by atoms with van der Waals surface area (Å²) in [6.45, 7) is 3.43. The smallest absolute Gasteiger partial charge is 0.0925 e. The Morgan fingerprint density at radius 2 is 1.89 bits per heavy atom. The number of ether oxygens (including phenoxy) is 1. The van der Waals surface area contributed by atoms with Gasteiger partial charge in [-0.05, 0) is 26.0 Å². The first kappa shape index (κ1) is 8.08. The Balaban J connectivity index is 3.83. The molecule has 0 radical (unpaired) electrons. The lowest BCUT2D eigenvalue weighted by Gasteiger charge is -1.93. The summed E-state index contributed by atoms with van der Waals surface area (Å²) in [5, 5.41) is 8.66. The zero-order valence-corrected chi connectivity index (χ0v) is 6.01. The van der Waals surface area contributed by atoms with Crippen molar-refractivity contribution in [2.45, 2.75) is 13.8 Å².